The van der Waals surface area contributed by atoms with Gasteiger partial charge in [-0.15, -0.1) is 20.4 Å². The summed E-state index contributed by atoms with van der Waals surface area (Å²) >= 11 is 0. The summed E-state index contributed by atoms with van der Waals surface area (Å²) in [6.45, 7) is 0. The Labute approximate surface area is 114 Å². The molecule has 0 unspecified atom stereocenters. The number of anilines is 1. The molecule has 3 rings (SSSR count). The maximum Gasteiger partial charge on any atom is 0.214 e. The lowest BCUT2D eigenvalue weighted by Crippen LogP contribution is -2.39. The van der Waals surface area contributed by atoms with E-state index in [1.807, 2.05) is 0 Å². The predicted molar refractivity (Wildman–Crippen MR) is 69.2 cm³/mol. The predicted octanol–water partition coefficient (Wildman–Crippen LogP) is 1.59. The van der Waals surface area contributed by atoms with Gasteiger partial charge >= 0.3 is 0 Å². The van der Waals surface area contributed by atoms with Crippen molar-refractivity contribution in [1.29, 1.82) is 0 Å². The molecule has 1 aliphatic rings. The van der Waals surface area contributed by atoms with E-state index in [0.29, 0.717) is 11.3 Å². The molecule has 0 aliphatic heterocycles. The standard InChI is InChI=1S/C13H12FN5O/c14-10-4-9(13-17-15-7-16-18-13)5-12(6-10)19(8-20)11-2-1-3-11/h4-8,11H,1-3H2. The molecule has 1 aromatic carbocycles. The number of aromatic nitrogens is 4. The molecular weight excluding hydrogens is 261 g/mol. The van der Waals surface area contributed by atoms with Gasteiger partial charge in [0.1, 0.15) is 5.82 Å². The molecule has 7 heteroatoms. The van der Waals surface area contributed by atoms with E-state index in [0.717, 1.165) is 25.7 Å². The van der Waals surface area contributed by atoms with Crippen molar-refractivity contribution in [2.75, 3.05) is 4.90 Å². The van der Waals surface area contributed by atoms with Gasteiger partial charge in [0.05, 0.1) is 0 Å². The number of amides is 1. The first kappa shape index (κ1) is 12.6. The van der Waals surface area contributed by atoms with Crippen LogP contribution in [-0.2, 0) is 4.79 Å². The fraction of sp³-hybridized carbons (Fsp3) is 0.308. The van der Waals surface area contributed by atoms with Crippen molar-refractivity contribution in [3.05, 3.63) is 30.3 Å². The third-order valence-corrected chi connectivity index (χ3v) is 3.43. The van der Waals surface area contributed by atoms with E-state index in [1.54, 1.807) is 11.0 Å². The van der Waals surface area contributed by atoms with Gasteiger partial charge < -0.3 is 4.90 Å². The summed E-state index contributed by atoms with van der Waals surface area (Å²) in [6.07, 6.45) is 4.92. The SMILES string of the molecule is O=CN(c1cc(F)cc(-c2nncnn2)c1)C1CCC1. The van der Waals surface area contributed by atoms with E-state index in [9.17, 15) is 9.18 Å². The lowest BCUT2D eigenvalue weighted by atomic mass is 9.91. The number of hydrogen-bond acceptors (Lipinski definition) is 5. The fourth-order valence-electron chi connectivity index (χ4n) is 2.19. The van der Waals surface area contributed by atoms with E-state index in [-0.39, 0.29) is 11.9 Å². The maximum absolute atomic E-state index is 13.8. The highest BCUT2D eigenvalue weighted by Crippen LogP contribution is 2.30. The molecule has 6 nitrogen and oxygen atoms in total. The second kappa shape index (κ2) is 5.28. The molecule has 0 atom stereocenters. The van der Waals surface area contributed by atoms with Crippen LogP contribution in [0.1, 0.15) is 19.3 Å². The summed E-state index contributed by atoms with van der Waals surface area (Å²) in [5.41, 5.74) is 0.957. The Morgan fingerprint density at radius 1 is 1.20 bits per heavy atom. The number of hydrogen-bond donors (Lipinski definition) is 0. The average molecular weight is 273 g/mol. The van der Waals surface area contributed by atoms with Gasteiger partial charge in [-0.25, -0.2) is 4.39 Å². The molecule has 0 bridgehead atoms. The summed E-state index contributed by atoms with van der Waals surface area (Å²) in [4.78, 5) is 12.8. The van der Waals surface area contributed by atoms with Crippen LogP contribution in [0.25, 0.3) is 11.4 Å². The molecule has 0 saturated heterocycles. The van der Waals surface area contributed by atoms with Crippen molar-refractivity contribution in [2.24, 2.45) is 0 Å². The summed E-state index contributed by atoms with van der Waals surface area (Å²) in [6, 6.07) is 4.45. The molecule has 1 saturated carbocycles. The Morgan fingerprint density at radius 3 is 2.55 bits per heavy atom. The highest BCUT2D eigenvalue weighted by Gasteiger charge is 2.25. The van der Waals surface area contributed by atoms with Crippen LogP contribution in [0.4, 0.5) is 10.1 Å². The van der Waals surface area contributed by atoms with E-state index >= 15 is 0 Å². The van der Waals surface area contributed by atoms with Crippen LogP contribution in [0.15, 0.2) is 24.5 Å². The second-order valence-electron chi connectivity index (χ2n) is 4.67. The Morgan fingerprint density at radius 2 is 1.95 bits per heavy atom. The third kappa shape index (κ3) is 2.34. The molecule has 1 amide bonds. The molecule has 1 fully saturated rings. The van der Waals surface area contributed by atoms with Gasteiger partial charge in [0.2, 0.25) is 12.2 Å². The largest absolute Gasteiger partial charge is 0.312 e. The Hall–Kier alpha value is -2.44. The molecule has 0 spiro atoms. The van der Waals surface area contributed by atoms with Crippen LogP contribution in [0.2, 0.25) is 0 Å². The molecule has 2 aromatic rings. The van der Waals surface area contributed by atoms with Crippen molar-refractivity contribution in [2.45, 2.75) is 25.3 Å². The quantitative estimate of drug-likeness (QED) is 0.791. The topological polar surface area (TPSA) is 71.9 Å². The Kier molecular flexibility index (Phi) is 3.32. The summed E-state index contributed by atoms with van der Waals surface area (Å²) in [5, 5.41) is 14.8. The van der Waals surface area contributed by atoms with E-state index < -0.39 is 5.82 Å². The zero-order valence-electron chi connectivity index (χ0n) is 10.6. The van der Waals surface area contributed by atoms with Crippen LogP contribution < -0.4 is 4.90 Å². The molecule has 1 aliphatic carbocycles. The highest BCUT2D eigenvalue weighted by molar-refractivity contribution is 5.78. The summed E-state index contributed by atoms with van der Waals surface area (Å²) in [5.74, 6) is -0.219. The van der Waals surface area contributed by atoms with Gasteiger partial charge in [0, 0.05) is 17.3 Å². The Balaban J connectivity index is 1.99. The molecule has 0 N–H and O–H groups in total. The minimum atomic E-state index is -0.448. The minimum absolute atomic E-state index is 0.148. The first-order chi connectivity index (χ1) is 9.78. The maximum atomic E-state index is 13.8. The van der Waals surface area contributed by atoms with Crippen molar-refractivity contribution >= 4 is 12.1 Å². The molecule has 20 heavy (non-hydrogen) atoms. The van der Waals surface area contributed by atoms with Crippen LogP contribution in [0, 0.1) is 5.82 Å². The van der Waals surface area contributed by atoms with Crippen LogP contribution >= 0.6 is 0 Å². The summed E-state index contributed by atoms with van der Waals surface area (Å²) in [7, 11) is 0. The molecule has 102 valence electrons. The van der Waals surface area contributed by atoms with Gasteiger partial charge in [-0.1, -0.05) is 0 Å². The number of halogens is 1. The number of rotatable bonds is 4. The third-order valence-electron chi connectivity index (χ3n) is 3.43. The lowest BCUT2D eigenvalue weighted by molar-refractivity contribution is -0.108. The van der Waals surface area contributed by atoms with Gasteiger partial charge in [0.25, 0.3) is 0 Å². The van der Waals surface area contributed by atoms with Crippen molar-refractivity contribution in [3.63, 3.8) is 0 Å². The van der Waals surface area contributed by atoms with E-state index in [1.165, 1.54) is 18.5 Å². The van der Waals surface area contributed by atoms with Crippen LogP contribution in [0.3, 0.4) is 0 Å². The average Bonchev–Trinajstić information content (AvgIpc) is 2.43. The zero-order chi connectivity index (χ0) is 13.9. The van der Waals surface area contributed by atoms with Gasteiger partial charge in [-0.2, -0.15) is 0 Å². The number of nitrogens with zero attached hydrogens (tertiary/aromatic N) is 5. The molecule has 1 aromatic heterocycles. The molecule has 0 radical (unpaired) electrons. The van der Waals surface area contributed by atoms with Crippen molar-refractivity contribution in [3.8, 4) is 11.4 Å². The lowest BCUT2D eigenvalue weighted by Gasteiger charge is -2.34. The Bertz CT molecular complexity index is 617. The van der Waals surface area contributed by atoms with Gasteiger partial charge in [-0.3, -0.25) is 4.79 Å². The number of carbonyl (C=O) groups excluding carboxylic acids is 1. The first-order valence-corrected chi connectivity index (χ1v) is 6.33. The van der Waals surface area contributed by atoms with Crippen molar-refractivity contribution < 1.29 is 9.18 Å². The van der Waals surface area contributed by atoms with Crippen LogP contribution in [0.5, 0.6) is 0 Å². The highest BCUT2D eigenvalue weighted by atomic mass is 19.1. The minimum Gasteiger partial charge on any atom is -0.312 e. The molecular formula is C13H12FN5O. The molecule has 1 heterocycles. The summed E-state index contributed by atoms with van der Waals surface area (Å²) < 4.78 is 13.8. The van der Waals surface area contributed by atoms with E-state index in [2.05, 4.69) is 20.4 Å². The number of benzene rings is 1. The normalized spacial score (nSPS) is 14.7. The van der Waals surface area contributed by atoms with Crippen LogP contribution in [-0.4, -0.2) is 32.8 Å². The smallest absolute Gasteiger partial charge is 0.214 e. The van der Waals surface area contributed by atoms with Crippen molar-refractivity contribution in [1.82, 2.24) is 20.4 Å². The fourth-order valence-corrected chi connectivity index (χ4v) is 2.19. The first-order valence-electron chi connectivity index (χ1n) is 6.33. The second-order valence-corrected chi connectivity index (χ2v) is 4.67. The van der Waals surface area contributed by atoms with Gasteiger partial charge in [-0.05, 0) is 37.5 Å². The number of carbonyl (C=O) groups is 1. The zero-order valence-corrected chi connectivity index (χ0v) is 10.6. The van der Waals surface area contributed by atoms with Gasteiger partial charge in [0.15, 0.2) is 6.33 Å². The van der Waals surface area contributed by atoms with E-state index in [4.69, 9.17) is 0 Å². The monoisotopic (exact) mass is 273 g/mol.